The lowest BCUT2D eigenvalue weighted by Crippen LogP contribution is -2.09. The van der Waals surface area contributed by atoms with Gasteiger partial charge < -0.3 is 4.90 Å². The minimum Gasteiger partial charge on any atom is -0.311 e. The summed E-state index contributed by atoms with van der Waals surface area (Å²) in [6.07, 6.45) is 0. The van der Waals surface area contributed by atoms with Crippen LogP contribution in [0.2, 0.25) is 0 Å². The second-order valence-electron chi connectivity index (χ2n) is 13.6. The van der Waals surface area contributed by atoms with Crippen molar-refractivity contribution in [3.63, 3.8) is 0 Å². The molecule has 0 spiro atoms. The first-order chi connectivity index (χ1) is 25.3. The molecule has 0 bridgehead atoms. The third-order valence-electron chi connectivity index (χ3n) is 10.9. The van der Waals surface area contributed by atoms with Gasteiger partial charge in [-0.3, -0.25) is 0 Å². The lowest BCUT2D eigenvalue weighted by Gasteiger charge is -2.25. The minimum atomic E-state index is 1.13. The van der Waals surface area contributed by atoms with Crippen LogP contribution in [0.15, 0.2) is 188 Å². The number of fused-ring (bicyclic) bond motifs is 7. The largest absolute Gasteiger partial charge is 0.311 e. The van der Waals surface area contributed by atoms with Gasteiger partial charge in [0.1, 0.15) is 0 Å². The number of nitrogens with zero attached hydrogens (tertiary/aromatic N) is 1. The monoisotopic (exact) mass is 645 g/mol. The first-order valence-electron chi connectivity index (χ1n) is 17.7. The van der Waals surface area contributed by atoms with Crippen molar-refractivity contribution in [1.82, 2.24) is 0 Å². The predicted molar refractivity (Wildman–Crippen MR) is 219 cm³/mol. The molecule has 0 heterocycles. The Morgan fingerprint density at radius 2 is 0.765 bits per heavy atom. The van der Waals surface area contributed by atoms with E-state index in [1.807, 2.05) is 0 Å². The van der Waals surface area contributed by atoms with Gasteiger partial charge in [0.05, 0.1) is 0 Å². The molecule has 0 aliphatic rings. The van der Waals surface area contributed by atoms with Crippen LogP contribution in [0.3, 0.4) is 0 Å². The van der Waals surface area contributed by atoms with Gasteiger partial charge in [0, 0.05) is 17.1 Å². The van der Waals surface area contributed by atoms with Crippen LogP contribution in [0.4, 0.5) is 17.1 Å². The van der Waals surface area contributed by atoms with Gasteiger partial charge in [0.2, 0.25) is 0 Å². The number of hydrogen-bond donors (Lipinski definition) is 0. The zero-order chi connectivity index (χ0) is 33.5. The summed E-state index contributed by atoms with van der Waals surface area (Å²) in [7, 11) is 0. The molecule has 0 unspecified atom stereocenters. The Morgan fingerprint density at radius 1 is 0.255 bits per heavy atom. The topological polar surface area (TPSA) is 3.24 Å². The van der Waals surface area contributed by atoms with Crippen LogP contribution in [0.25, 0.3) is 86.9 Å². The molecule has 0 saturated carbocycles. The van der Waals surface area contributed by atoms with Gasteiger partial charge in [-0.2, -0.15) is 0 Å². The van der Waals surface area contributed by atoms with Gasteiger partial charge in [-0.15, -0.1) is 0 Å². The Morgan fingerprint density at radius 3 is 1.43 bits per heavy atom. The maximum absolute atomic E-state index is 2.46. The SMILES string of the molecule is c1ccc(-c2c3cc(-c4ccc(N(c5ccccc5)c5ccccc5)cc4)cc4c5ccccc5c(c34)c3c4cccc5cccc(c23)c54)cc1. The molecular formula is C50H31N. The lowest BCUT2D eigenvalue weighted by atomic mass is 9.88. The average molecular weight is 646 g/mol. The van der Waals surface area contributed by atoms with Crippen molar-refractivity contribution < 1.29 is 0 Å². The molecule has 0 aromatic heterocycles. The van der Waals surface area contributed by atoms with Crippen molar-refractivity contribution in [3.8, 4) is 22.3 Å². The molecule has 0 saturated heterocycles. The minimum absolute atomic E-state index is 1.13. The molecule has 0 N–H and O–H groups in total. The Bertz CT molecular complexity index is 2990. The number of para-hydroxylation sites is 2. The van der Waals surface area contributed by atoms with Crippen LogP contribution in [0.1, 0.15) is 0 Å². The Hall–Kier alpha value is -6.70. The molecule has 1 nitrogen and oxygen atoms in total. The number of benzene rings is 9. The van der Waals surface area contributed by atoms with Crippen LogP contribution in [0.5, 0.6) is 0 Å². The summed E-state index contributed by atoms with van der Waals surface area (Å²) in [6.45, 7) is 0. The summed E-state index contributed by atoms with van der Waals surface area (Å²) in [5.74, 6) is 0. The predicted octanol–water partition coefficient (Wildman–Crippen LogP) is 14.3. The van der Waals surface area contributed by atoms with Gasteiger partial charge in [-0.05, 0) is 135 Å². The third-order valence-corrected chi connectivity index (χ3v) is 10.9. The van der Waals surface area contributed by atoms with E-state index in [1.165, 1.54) is 86.9 Å². The van der Waals surface area contributed by atoms with E-state index in [9.17, 15) is 0 Å². The van der Waals surface area contributed by atoms with Gasteiger partial charge in [0.25, 0.3) is 0 Å². The fourth-order valence-corrected chi connectivity index (χ4v) is 8.81. The third kappa shape index (κ3) is 4.09. The molecule has 0 amide bonds. The molecule has 236 valence electrons. The zero-order valence-corrected chi connectivity index (χ0v) is 27.8. The molecule has 11 aromatic carbocycles. The van der Waals surface area contributed by atoms with E-state index in [0.717, 1.165) is 17.1 Å². The van der Waals surface area contributed by atoms with Gasteiger partial charge in [-0.1, -0.05) is 140 Å². The molecule has 11 aromatic rings. The van der Waals surface area contributed by atoms with Crippen LogP contribution in [0, 0.1) is 0 Å². The van der Waals surface area contributed by atoms with Crippen LogP contribution < -0.4 is 4.90 Å². The molecule has 11 rings (SSSR count). The second-order valence-corrected chi connectivity index (χ2v) is 13.6. The van der Waals surface area contributed by atoms with Crippen molar-refractivity contribution in [2.24, 2.45) is 0 Å². The van der Waals surface area contributed by atoms with Crippen LogP contribution in [-0.2, 0) is 0 Å². The summed E-state index contributed by atoms with van der Waals surface area (Å²) in [4.78, 5) is 2.32. The van der Waals surface area contributed by atoms with E-state index in [2.05, 4.69) is 193 Å². The van der Waals surface area contributed by atoms with E-state index < -0.39 is 0 Å². The highest BCUT2D eigenvalue weighted by molar-refractivity contribution is 6.48. The van der Waals surface area contributed by atoms with Crippen molar-refractivity contribution in [2.45, 2.75) is 0 Å². The molecular weight excluding hydrogens is 615 g/mol. The highest BCUT2D eigenvalue weighted by atomic mass is 15.1. The summed E-state index contributed by atoms with van der Waals surface area (Å²) >= 11 is 0. The number of anilines is 3. The van der Waals surface area contributed by atoms with Gasteiger partial charge in [0.15, 0.2) is 0 Å². The fraction of sp³-hybridized carbons (Fsp3) is 0. The van der Waals surface area contributed by atoms with Crippen molar-refractivity contribution in [1.29, 1.82) is 0 Å². The van der Waals surface area contributed by atoms with Gasteiger partial charge in [-0.25, -0.2) is 0 Å². The smallest absolute Gasteiger partial charge is 0.0462 e. The molecule has 0 radical (unpaired) electrons. The number of hydrogen-bond acceptors (Lipinski definition) is 1. The lowest BCUT2D eigenvalue weighted by molar-refractivity contribution is 1.28. The Balaban J connectivity index is 1.23. The highest BCUT2D eigenvalue weighted by Crippen LogP contribution is 2.53. The quantitative estimate of drug-likeness (QED) is 0.180. The van der Waals surface area contributed by atoms with Crippen LogP contribution in [-0.4, -0.2) is 0 Å². The van der Waals surface area contributed by atoms with E-state index in [1.54, 1.807) is 0 Å². The summed E-state index contributed by atoms with van der Waals surface area (Å²) in [5, 5.41) is 16.1. The first kappa shape index (κ1) is 28.2. The van der Waals surface area contributed by atoms with E-state index in [4.69, 9.17) is 0 Å². The first-order valence-corrected chi connectivity index (χ1v) is 17.7. The van der Waals surface area contributed by atoms with Crippen LogP contribution >= 0.6 is 0 Å². The molecule has 0 atom stereocenters. The van der Waals surface area contributed by atoms with E-state index >= 15 is 0 Å². The van der Waals surface area contributed by atoms with Crippen molar-refractivity contribution in [3.05, 3.63) is 188 Å². The summed E-state index contributed by atoms with van der Waals surface area (Å²) in [6, 6.07) is 68.9. The maximum atomic E-state index is 2.46. The molecule has 1 heteroatoms. The van der Waals surface area contributed by atoms with Gasteiger partial charge >= 0.3 is 0 Å². The standard InChI is InChI=1S/C50H31N/c1-4-14-34(15-5-1)46-44-31-35(32-26-28-38(29-27-32)51(36-18-6-2-7-19-36)37-20-8-3-9-21-37)30-43-39-22-10-11-23-40(39)48(47(43)44)50-42-25-13-17-33-16-12-24-41(45(33)42)49(46)50/h1-31H. The molecule has 0 aliphatic carbocycles. The Kier molecular flexibility index (Phi) is 6.02. The maximum Gasteiger partial charge on any atom is 0.0462 e. The van der Waals surface area contributed by atoms with E-state index in [-0.39, 0.29) is 0 Å². The molecule has 0 aliphatic heterocycles. The van der Waals surface area contributed by atoms with E-state index in [0.29, 0.717) is 0 Å². The second kappa shape index (κ2) is 10.9. The normalized spacial score (nSPS) is 11.9. The fourth-order valence-electron chi connectivity index (χ4n) is 8.81. The zero-order valence-electron chi connectivity index (χ0n) is 27.8. The molecule has 0 fully saturated rings. The van der Waals surface area contributed by atoms with Crippen molar-refractivity contribution in [2.75, 3.05) is 4.90 Å². The number of rotatable bonds is 5. The highest BCUT2D eigenvalue weighted by Gasteiger charge is 2.25. The Labute approximate surface area is 295 Å². The molecule has 51 heavy (non-hydrogen) atoms. The summed E-state index contributed by atoms with van der Waals surface area (Å²) in [5.41, 5.74) is 8.40. The van der Waals surface area contributed by atoms with Crippen molar-refractivity contribution >= 4 is 81.7 Å². The average Bonchev–Trinajstić information content (AvgIpc) is 3.71. The summed E-state index contributed by atoms with van der Waals surface area (Å²) < 4.78 is 0.